The topological polar surface area (TPSA) is 79.6 Å². The van der Waals surface area contributed by atoms with E-state index in [1.807, 2.05) is 0 Å². The van der Waals surface area contributed by atoms with Crippen LogP contribution in [0.1, 0.15) is 5.82 Å². The highest BCUT2D eigenvalue weighted by Crippen LogP contribution is 1.90. The van der Waals surface area contributed by atoms with Crippen LogP contribution in [-0.2, 0) is 6.54 Å². The number of hydrogen-bond acceptors (Lipinski definition) is 4. The van der Waals surface area contributed by atoms with Gasteiger partial charge in [0.2, 0.25) is 5.95 Å². The van der Waals surface area contributed by atoms with Gasteiger partial charge >= 0.3 is 0 Å². The zero-order chi connectivity index (χ0) is 8.10. The Balaban J connectivity index is 2.34. The van der Waals surface area contributed by atoms with Gasteiger partial charge in [0.25, 0.3) is 0 Å². The summed E-state index contributed by atoms with van der Waals surface area (Å²) in [5.41, 5.74) is 5.26. The van der Waals surface area contributed by atoms with Crippen molar-refractivity contribution in [3.05, 3.63) is 5.82 Å². The lowest BCUT2D eigenvalue weighted by Gasteiger charge is -1.93. The van der Waals surface area contributed by atoms with Crippen molar-refractivity contribution in [1.29, 1.82) is 0 Å². The van der Waals surface area contributed by atoms with E-state index < -0.39 is 0 Å². The third kappa shape index (κ3) is 2.27. The zero-order valence-corrected chi connectivity index (χ0v) is 5.96. The molecule has 0 bridgehead atoms. The maximum Gasteiger partial charge on any atom is 0.239 e. The van der Waals surface area contributed by atoms with Crippen molar-refractivity contribution in [3.63, 3.8) is 0 Å². The molecule has 0 saturated heterocycles. The van der Waals surface area contributed by atoms with Crippen LogP contribution in [0.5, 0.6) is 0 Å². The molecule has 0 fully saturated rings. The summed E-state index contributed by atoms with van der Waals surface area (Å²) in [4.78, 5) is 3.86. The average molecular weight is 151 g/mol. The summed E-state index contributed by atoms with van der Waals surface area (Å²) in [7, 11) is 0. The molecule has 1 aromatic heterocycles. The number of nitrogens with two attached hydrogens (primary N) is 1. The number of nitrogens with zero attached hydrogens (tertiary/aromatic N) is 2. The quantitative estimate of drug-likeness (QED) is 0.387. The first-order valence-electron chi connectivity index (χ1n) is 3.14. The van der Waals surface area contributed by atoms with Crippen LogP contribution in [0.25, 0.3) is 0 Å². The largest absolute Gasteiger partial charge is 0.367 e. The van der Waals surface area contributed by atoms with E-state index in [4.69, 9.17) is 12.2 Å². The van der Waals surface area contributed by atoms with Gasteiger partial charge in [-0.2, -0.15) is 4.98 Å². The van der Waals surface area contributed by atoms with Crippen LogP contribution < -0.4 is 11.1 Å². The van der Waals surface area contributed by atoms with E-state index >= 15 is 0 Å². The van der Waals surface area contributed by atoms with Gasteiger partial charge in [-0.15, -0.1) is 11.5 Å². The van der Waals surface area contributed by atoms with Crippen LogP contribution in [0.4, 0.5) is 5.95 Å². The molecule has 0 spiro atoms. The minimum atomic E-state index is 0.252. The number of hydrogen-bond donors (Lipinski definition) is 3. The third-order valence-electron chi connectivity index (χ3n) is 1.07. The Morgan fingerprint density at radius 1 is 1.73 bits per heavy atom. The number of rotatable bonds is 3. The molecule has 0 radical (unpaired) electrons. The number of aromatic nitrogens is 3. The Labute approximate surface area is 64.4 Å². The average Bonchev–Trinajstić information content (AvgIpc) is 2.37. The first kappa shape index (κ1) is 7.57. The lowest BCUT2D eigenvalue weighted by molar-refractivity contribution is 0.727. The van der Waals surface area contributed by atoms with Crippen LogP contribution in [0, 0.1) is 12.3 Å². The number of nitrogens with one attached hydrogen (secondary N) is 2. The van der Waals surface area contributed by atoms with E-state index in [9.17, 15) is 0 Å². The Kier molecular flexibility index (Phi) is 2.47. The molecule has 0 aromatic carbocycles. The van der Waals surface area contributed by atoms with E-state index in [2.05, 4.69) is 26.4 Å². The van der Waals surface area contributed by atoms with Crippen molar-refractivity contribution in [2.45, 2.75) is 6.54 Å². The molecule has 0 aliphatic carbocycles. The first-order valence-corrected chi connectivity index (χ1v) is 3.14. The maximum absolute atomic E-state index is 5.26. The van der Waals surface area contributed by atoms with Crippen molar-refractivity contribution in [1.82, 2.24) is 20.5 Å². The van der Waals surface area contributed by atoms with Crippen LogP contribution in [-0.4, -0.2) is 21.7 Å². The summed E-state index contributed by atoms with van der Waals surface area (Å²) in [6.45, 7) is 1.08. The Bertz CT molecular complexity index is 258. The maximum atomic E-state index is 5.26. The smallest absolute Gasteiger partial charge is 0.239 e. The van der Waals surface area contributed by atoms with Crippen molar-refractivity contribution in [2.75, 3.05) is 12.3 Å². The van der Waals surface area contributed by atoms with E-state index in [-0.39, 0.29) is 5.95 Å². The van der Waals surface area contributed by atoms with Crippen molar-refractivity contribution < 1.29 is 0 Å². The molecule has 0 aliphatic heterocycles. The van der Waals surface area contributed by atoms with Gasteiger partial charge < -0.3 is 5.73 Å². The minimum absolute atomic E-state index is 0.252. The van der Waals surface area contributed by atoms with Gasteiger partial charge in [-0.05, 0) is 0 Å². The summed E-state index contributed by atoms with van der Waals surface area (Å²) >= 11 is 0. The van der Waals surface area contributed by atoms with Gasteiger partial charge in [0.15, 0.2) is 0 Å². The van der Waals surface area contributed by atoms with Crippen LogP contribution in [0.15, 0.2) is 0 Å². The zero-order valence-electron chi connectivity index (χ0n) is 5.96. The van der Waals surface area contributed by atoms with E-state index in [1.165, 1.54) is 0 Å². The fraction of sp³-hybridized carbons (Fsp3) is 0.333. The molecule has 5 nitrogen and oxygen atoms in total. The van der Waals surface area contributed by atoms with Crippen molar-refractivity contribution in [3.8, 4) is 12.3 Å². The van der Waals surface area contributed by atoms with Gasteiger partial charge in [0.05, 0.1) is 13.1 Å². The monoisotopic (exact) mass is 151 g/mol. The standard InChI is InChI=1S/C6H9N5/c1-2-3-8-4-5-9-6(7)11-10-5/h1,8H,3-4H2,(H3,7,9,10,11). The number of terminal acetylenes is 1. The molecule has 11 heavy (non-hydrogen) atoms. The van der Waals surface area contributed by atoms with Gasteiger partial charge in [-0.1, -0.05) is 5.92 Å². The van der Waals surface area contributed by atoms with E-state index in [1.54, 1.807) is 0 Å². The molecule has 5 heteroatoms. The molecule has 0 saturated carbocycles. The van der Waals surface area contributed by atoms with Gasteiger partial charge in [-0.3, -0.25) is 10.4 Å². The number of H-pyrrole nitrogens is 1. The van der Waals surface area contributed by atoms with Gasteiger partial charge in [-0.25, -0.2) is 0 Å². The molecule has 58 valence electrons. The van der Waals surface area contributed by atoms with Crippen LogP contribution in [0.3, 0.4) is 0 Å². The lowest BCUT2D eigenvalue weighted by atomic mass is 10.5. The molecular formula is C6H9N5. The molecule has 0 atom stereocenters. The van der Waals surface area contributed by atoms with Crippen molar-refractivity contribution in [2.24, 2.45) is 0 Å². The minimum Gasteiger partial charge on any atom is -0.367 e. The van der Waals surface area contributed by atoms with Gasteiger partial charge in [0, 0.05) is 0 Å². The Morgan fingerprint density at radius 2 is 2.55 bits per heavy atom. The second-order valence-corrected chi connectivity index (χ2v) is 1.95. The van der Waals surface area contributed by atoms with E-state index in [0.29, 0.717) is 18.9 Å². The van der Waals surface area contributed by atoms with Crippen molar-refractivity contribution >= 4 is 5.95 Å². The predicted octanol–water partition coefficient (Wildman–Crippen LogP) is -0.890. The highest BCUT2D eigenvalue weighted by molar-refractivity contribution is 5.12. The molecule has 1 rings (SSSR count). The summed E-state index contributed by atoms with van der Waals surface area (Å²) in [6.07, 6.45) is 5.01. The number of nitrogen functional groups attached to an aromatic ring is 1. The summed E-state index contributed by atoms with van der Waals surface area (Å²) < 4.78 is 0. The second kappa shape index (κ2) is 3.58. The molecule has 1 aromatic rings. The highest BCUT2D eigenvalue weighted by atomic mass is 15.3. The summed E-state index contributed by atoms with van der Waals surface area (Å²) in [5.74, 6) is 3.38. The third-order valence-corrected chi connectivity index (χ3v) is 1.07. The fourth-order valence-corrected chi connectivity index (χ4v) is 0.642. The lowest BCUT2D eigenvalue weighted by Crippen LogP contribution is -2.14. The number of anilines is 1. The Hall–Kier alpha value is -1.54. The SMILES string of the molecule is C#CCNCc1nc(N)n[nH]1. The molecule has 4 N–H and O–H groups in total. The summed E-state index contributed by atoms with van der Waals surface area (Å²) in [6, 6.07) is 0. The normalized spacial score (nSPS) is 9.36. The number of aromatic amines is 1. The van der Waals surface area contributed by atoms with Crippen LogP contribution >= 0.6 is 0 Å². The molecular weight excluding hydrogens is 142 g/mol. The first-order chi connectivity index (χ1) is 5.33. The molecule has 1 heterocycles. The Morgan fingerprint density at radius 3 is 3.09 bits per heavy atom. The molecule has 0 aliphatic rings. The fourth-order valence-electron chi connectivity index (χ4n) is 0.642. The summed E-state index contributed by atoms with van der Waals surface area (Å²) in [5, 5.41) is 9.23. The molecule has 0 unspecified atom stereocenters. The van der Waals surface area contributed by atoms with Gasteiger partial charge in [0.1, 0.15) is 5.82 Å². The highest BCUT2D eigenvalue weighted by Gasteiger charge is 1.96. The second-order valence-electron chi connectivity index (χ2n) is 1.95. The predicted molar refractivity (Wildman–Crippen MR) is 41.3 cm³/mol. The molecule has 0 amide bonds. The van der Waals surface area contributed by atoms with Crippen LogP contribution in [0.2, 0.25) is 0 Å². The van der Waals surface area contributed by atoms with E-state index in [0.717, 1.165) is 0 Å².